The van der Waals surface area contributed by atoms with Gasteiger partial charge in [-0.05, 0) is 19.4 Å². The van der Waals surface area contributed by atoms with E-state index in [0.29, 0.717) is 12.2 Å². The molecule has 1 aromatic rings. The van der Waals surface area contributed by atoms with Gasteiger partial charge in [0.05, 0.1) is 19.3 Å². The number of hydrogen-bond acceptors (Lipinski definition) is 5. The third-order valence-electron chi connectivity index (χ3n) is 3.16. The lowest BCUT2D eigenvalue weighted by Gasteiger charge is -2.33. The maximum atomic E-state index is 11.9. The third-order valence-corrected chi connectivity index (χ3v) is 3.16. The molecule has 0 radical (unpaired) electrons. The normalized spacial score (nSPS) is 21.4. The average Bonchev–Trinajstić information content (AvgIpc) is 2.40. The van der Waals surface area contributed by atoms with Gasteiger partial charge in [0.1, 0.15) is 5.69 Å². The minimum Gasteiger partial charge on any atom is -0.395 e. The lowest BCUT2D eigenvalue weighted by Crippen LogP contribution is -2.44. The molecule has 2 heterocycles. The molecule has 1 aliphatic heterocycles. The van der Waals surface area contributed by atoms with Crippen molar-refractivity contribution in [3.05, 3.63) is 24.3 Å². The van der Waals surface area contributed by atoms with E-state index in [1.54, 1.807) is 6.20 Å². The molecule has 1 aromatic heterocycles. The molecule has 17 heavy (non-hydrogen) atoms. The molecule has 0 aliphatic carbocycles. The first-order valence-corrected chi connectivity index (χ1v) is 5.95. The van der Waals surface area contributed by atoms with Gasteiger partial charge in [0, 0.05) is 18.4 Å². The van der Waals surface area contributed by atoms with Crippen LogP contribution in [0.25, 0.3) is 0 Å². The van der Waals surface area contributed by atoms with Gasteiger partial charge in [-0.25, -0.2) is 4.98 Å². The van der Waals surface area contributed by atoms with Crippen molar-refractivity contribution in [1.29, 1.82) is 0 Å². The van der Waals surface area contributed by atoms with Crippen molar-refractivity contribution in [1.82, 2.24) is 14.9 Å². The van der Waals surface area contributed by atoms with Gasteiger partial charge in [-0.15, -0.1) is 0 Å². The van der Waals surface area contributed by atoms with Gasteiger partial charge in [-0.1, -0.05) is 6.42 Å². The van der Waals surface area contributed by atoms with Crippen LogP contribution in [0.3, 0.4) is 0 Å². The molecule has 1 unspecified atom stereocenters. The standard InChI is InChI=1S/C12H17N3O2/c16-9-10-3-1-2-6-15(10)8-12(17)11-7-13-4-5-14-11/h4-5,7,10,16H,1-3,6,8-9H2. The van der Waals surface area contributed by atoms with Crippen LogP contribution < -0.4 is 0 Å². The van der Waals surface area contributed by atoms with Gasteiger partial charge in [0.25, 0.3) is 0 Å². The molecule has 0 spiro atoms. The van der Waals surface area contributed by atoms with Crippen LogP contribution in [0.2, 0.25) is 0 Å². The Balaban J connectivity index is 1.98. The molecule has 2 rings (SSSR count). The number of Topliss-reactive ketones (excluding diaryl/α,β-unsaturated/α-hetero) is 1. The largest absolute Gasteiger partial charge is 0.395 e. The van der Waals surface area contributed by atoms with Gasteiger partial charge >= 0.3 is 0 Å². The van der Waals surface area contributed by atoms with E-state index in [4.69, 9.17) is 0 Å². The Kier molecular flexibility index (Phi) is 4.17. The minimum atomic E-state index is -0.0292. The van der Waals surface area contributed by atoms with Crippen LogP contribution in [0.4, 0.5) is 0 Å². The molecule has 1 aliphatic rings. The smallest absolute Gasteiger partial charge is 0.196 e. The summed E-state index contributed by atoms with van der Waals surface area (Å²) in [5.74, 6) is -0.0292. The van der Waals surface area contributed by atoms with Gasteiger partial charge in [0.2, 0.25) is 0 Å². The Labute approximate surface area is 100 Å². The van der Waals surface area contributed by atoms with Crippen molar-refractivity contribution in [2.75, 3.05) is 19.7 Å². The third kappa shape index (κ3) is 3.08. The summed E-state index contributed by atoms with van der Waals surface area (Å²) < 4.78 is 0. The number of aliphatic hydroxyl groups is 1. The highest BCUT2D eigenvalue weighted by molar-refractivity contribution is 5.95. The second-order valence-electron chi connectivity index (χ2n) is 4.32. The minimum absolute atomic E-state index is 0.0292. The van der Waals surface area contributed by atoms with E-state index >= 15 is 0 Å². The van der Waals surface area contributed by atoms with E-state index in [-0.39, 0.29) is 18.4 Å². The van der Waals surface area contributed by atoms with Gasteiger partial charge in [0.15, 0.2) is 5.78 Å². The number of aromatic nitrogens is 2. The molecule has 1 fully saturated rings. The molecule has 1 saturated heterocycles. The first kappa shape index (κ1) is 12.1. The molecule has 1 N–H and O–H groups in total. The molecule has 5 nitrogen and oxygen atoms in total. The zero-order valence-electron chi connectivity index (χ0n) is 9.75. The summed E-state index contributed by atoms with van der Waals surface area (Å²) in [6.07, 6.45) is 7.73. The molecular weight excluding hydrogens is 218 g/mol. The van der Waals surface area contributed by atoms with E-state index in [1.165, 1.54) is 12.4 Å². The van der Waals surface area contributed by atoms with Crippen LogP contribution in [0.5, 0.6) is 0 Å². The number of likely N-dealkylation sites (tertiary alicyclic amines) is 1. The number of rotatable bonds is 4. The lowest BCUT2D eigenvalue weighted by atomic mass is 10.0. The van der Waals surface area contributed by atoms with E-state index in [9.17, 15) is 9.90 Å². The number of piperidine rings is 1. The Hall–Kier alpha value is -1.33. The first-order chi connectivity index (χ1) is 8.31. The number of nitrogens with zero attached hydrogens (tertiary/aromatic N) is 3. The topological polar surface area (TPSA) is 66.3 Å². The van der Waals surface area contributed by atoms with Gasteiger partial charge in [-0.2, -0.15) is 0 Å². The molecule has 0 amide bonds. The van der Waals surface area contributed by atoms with E-state index in [1.807, 2.05) is 4.90 Å². The van der Waals surface area contributed by atoms with Crippen LogP contribution in [0.15, 0.2) is 18.6 Å². The van der Waals surface area contributed by atoms with E-state index in [0.717, 1.165) is 25.8 Å². The second kappa shape index (κ2) is 5.84. The number of aliphatic hydroxyl groups excluding tert-OH is 1. The van der Waals surface area contributed by atoms with Crippen LogP contribution in [-0.4, -0.2) is 51.5 Å². The van der Waals surface area contributed by atoms with Gasteiger partial charge in [-0.3, -0.25) is 14.7 Å². The predicted octanol–water partition coefficient (Wildman–Crippen LogP) is 0.506. The highest BCUT2D eigenvalue weighted by atomic mass is 16.3. The van der Waals surface area contributed by atoms with Crippen molar-refractivity contribution < 1.29 is 9.90 Å². The Morgan fingerprint density at radius 1 is 1.47 bits per heavy atom. The molecule has 5 heteroatoms. The first-order valence-electron chi connectivity index (χ1n) is 5.95. The zero-order chi connectivity index (χ0) is 12.1. The molecule has 92 valence electrons. The van der Waals surface area contributed by atoms with Crippen molar-refractivity contribution in [3.8, 4) is 0 Å². The summed E-state index contributed by atoms with van der Waals surface area (Å²) in [5.41, 5.74) is 0.398. The molecule has 1 atom stereocenters. The molecule has 0 saturated carbocycles. The summed E-state index contributed by atoms with van der Waals surface area (Å²) in [6.45, 7) is 1.31. The SMILES string of the molecule is O=C(CN1CCCCC1CO)c1cnccn1. The maximum Gasteiger partial charge on any atom is 0.196 e. The summed E-state index contributed by atoms with van der Waals surface area (Å²) in [6, 6.07) is 0.115. The van der Waals surface area contributed by atoms with Crippen LogP contribution in [-0.2, 0) is 0 Å². The highest BCUT2D eigenvalue weighted by Gasteiger charge is 2.24. The summed E-state index contributed by atoms with van der Waals surface area (Å²) >= 11 is 0. The van der Waals surface area contributed by atoms with Crippen LogP contribution in [0.1, 0.15) is 29.8 Å². The Morgan fingerprint density at radius 3 is 3.06 bits per heavy atom. The number of carbonyl (C=O) groups excluding carboxylic acids is 1. The van der Waals surface area contributed by atoms with E-state index < -0.39 is 0 Å². The zero-order valence-corrected chi connectivity index (χ0v) is 9.75. The fraction of sp³-hybridized carbons (Fsp3) is 0.583. The number of carbonyl (C=O) groups is 1. The Bertz CT molecular complexity index is 369. The summed E-state index contributed by atoms with van der Waals surface area (Å²) in [5, 5.41) is 9.26. The second-order valence-corrected chi connectivity index (χ2v) is 4.32. The molecule has 0 bridgehead atoms. The number of ketones is 1. The lowest BCUT2D eigenvalue weighted by molar-refractivity contribution is 0.0707. The van der Waals surface area contributed by atoms with Crippen molar-refractivity contribution in [2.24, 2.45) is 0 Å². The molecular formula is C12H17N3O2. The summed E-state index contributed by atoms with van der Waals surface area (Å²) in [7, 11) is 0. The van der Waals surface area contributed by atoms with Crippen molar-refractivity contribution >= 4 is 5.78 Å². The quantitative estimate of drug-likeness (QED) is 0.770. The average molecular weight is 235 g/mol. The highest BCUT2D eigenvalue weighted by Crippen LogP contribution is 2.16. The van der Waals surface area contributed by atoms with E-state index in [2.05, 4.69) is 9.97 Å². The predicted molar refractivity (Wildman–Crippen MR) is 62.7 cm³/mol. The Morgan fingerprint density at radius 2 is 2.35 bits per heavy atom. The van der Waals surface area contributed by atoms with Crippen LogP contribution in [0, 0.1) is 0 Å². The monoisotopic (exact) mass is 235 g/mol. The number of hydrogen-bond donors (Lipinski definition) is 1. The van der Waals surface area contributed by atoms with Crippen molar-refractivity contribution in [3.63, 3.8) is 0 Å². The van der Waals surface area contributed by atoms with Gasteiger partial charge < -0.3 is 5.11 Å². The van der Waals surface area contributed by atoms with Crippen LogP contribution >= 0.6 is 0 Å². The molecule has 0 aromatic carbocycles. The fourth-order valence-corrected chi connectivity index (χ4v) is 2.18. The fourth-order valence-electron chi connectivity index (χ4n) is 2.18. The van der Waals surface area contributed by atoms with Crippen molar-refractivity contribution in [2.45, 2.75) is 25.3 Å². The maximum absolute atomic E-state index is 11.9. The summed E-state index contributed by atoms with van der Waals surface area (Å²) in [4.78, 5) is 21.9.